The highest BCUT2D eigenvalue weighted by molar-refractivity contribution is 5.91. The molecule has 4 aliphatic rings. The van der Waals surface area contributed by atoms with E-state index in [-0.39, 0.29) is 22.9 Å². The molecule has 0 aromatic heterocycles. The molecule has 0 aromatic rings. The molecule has 0 saturated heterocycles. The van der Waals surface area contributed by atoms with E-state index in [1.165, 1.54) is 37.7 Å². The lowest BCUT2D eigenvalue weighted by Crippen LogP contribution is -2.57. The zero-order chi connectivity index (χ0) is 24.1. The number of carbonyl (C=O) groups excluding carboxylic acids is 2. The lowest BCUT2D eigenvalue weighted by molar-refractivity contribution is -0.181. The Bertz CT molecular complexity index is 796. The standard InChI is InChI=1S/C30H48O3/c1-18(2)19(3)8-9-20(4)25-12-13-26-24-11-10-22-16-23(32)14-15-29(22,6)27(24)17-28(30(25,26)7)33-21(5)31/h16,18-20,24-28H,8-15,17H2,1-7H3/t19-,20+,24-,25+,26-,27-,28?,29-,30+/m0/s1. The first-order valence-electron chi connectivity index (χ1n) is 13.9. The van der Waals surface area contributed by atoms with Crippen LogP contribution in [0.5, 0.6) is 0 Å². The van der Waals surface area contributed by atoms with Crippen LogP contribution in [0, 0.1) is 52.3 Å². The number of hydrogen-bond acceptors (Lipinski definition) is 3. The summed E-state index contributed by atoms with van der Waals surface area (Å²) in [5, 5.41) is 0. The molecule has 9 atom stereocenters. The Labute approximate surface area is 202 Å². The molecular formula is C30H48O3. The first kappa shape index (κ1) is 25.0. The summed E-state index contributed by atoms with van der Waals surface area (Å²) in [5.41, 5.74) is 1.57. The maximum Gasteiger partial charge on any atom is 0.302 e. The van der Waals surface area contributed by atoms with Crippen molar-refractivity contribution in [3.8, 4) is 0 Å². The largest absolute Gasteiger partial charge is 0.462 e. The lowest BCUT2D eigenvalue weighted by atomic mass is 9.45. The summed E-state index contributed by atoms with van der Waals surface area (Å²) in [6.45, 7) is 16.0. The molecule has 186 valence electrons. The van der Waals surface area contributed by atoms with Crippen molar-refractivity contribution in [3.05, 3.63) is 11.6 Å². The predicted molar refractivity (Wildman–Crippen MR) is 134 cm³/mol. The van der Waals surface area contributed by atoms with Crippen LogP contribution in [0.25, 0.3) is 0 Å². The van der Waals surface area contributed by atoms with Crippen molar-refractivity contribution >= 4 is 11.8 Å². The highest BCUT2D eigenvalue weighted by Crippen LogP contribution is 2.68. The van der Waals surface area contributed by atoms with Crippen LogP contribution in [-0.2, 0) is 14.3 Å². The van der Waals surface area contributed by atoms with Gasteiger partial charge in [-0.05, 0) is 91.4 Å². The summed E-state index contributed by atoms with van der Waals surface area (Å²) < 4.78 is 6.22. The van der Waals surface area contributed by atoms with E-state index in [1.807, 2.05) is 6.08 Å². The minimum absolute atomic E-state index is 0.00697. The highest BCUT2D eigenvalue weighted by Gasteiger charge is 2.64. The van der Waals surface area contributed by atoms with E-state index < -0.39 is 0 Å². The fourth-order valence-corrected chi connectivity index (χ4v) is 8.90. The molecular weight excluding hydrogens is 408 g/mol. The molecule has 0 aromatic carbocycles. The third-order valence-electron chi connectivity index (χ3n) is 11.3. The number of fused-ring (bicyclic) bond motifs is 5. The fraction of sp³-hybridized carbons (Fsp3) is 0.867. The fourth-order valence-electron chi connectivity index (χ4n) is 8.90. The first-order chi connectivity index (χ1) is 15.5. The molecule has 0 aliphatic heterocycles. The Balaban J connectivity index is 1.62. The highest BCUT2D eigenvalue weighted by atomic mass is 16.5. The molecule has 1 unspecified atom stereocenters. The number of ketones is 1. The van der Waals surface area contributed by atoms with Gasteiger partial charge in [0.05, 0.1) is 0 Å². The van der Waals surface area contributed by atoms with Gasteiger partial charge in [-0.15, -0.1) is 0 Å². The topological polar surface area (TPSA) is 43.4 Å². The van der Waals surface area contributed by atoms with Crippen molar-refractivity contribution in [2.75, 3.05) is 0 Å². The van der Waals surface area contributed by atoms with Crippen molar-refractivity contribution in [2.45, 2.75) is 112 Å². The Morgan fingerprint density at radius 3 is 2.45 bits per heavy atom. The van der Waals surface area contributed by atoms with Crippen LogP contribution in [0.3, 0.4) is 0 Å². The van der Waals surface area contributed by atoms with E-state index in [1.54, 1.807) is 6.92 Å². The molecule has 4 aliphatic carbocycles. The van der Waals surface area contributed by atoms with E-state index in [9.17, 15) is 9.59 Å². The van der Waals surface area contributed by atoms with Gasteiger partial charge >= 0.3 is 5.97 Å². The smallest absolute Gasteiger partial charge is 0.302 e. The van der Waals surface area contributed by atoms with Crippen molar-refractivity contribution in [2.24, 2.45) is 52.3 Å². The van der Waals surface area contributed by atoms with Crippen LogP contribution in [0.2, 0.25) is 0 Å². The van der Waals surface area contributed by atoms with E-state index in [4.69, 9.17) is 4.74 Å². The van der Waals surface area contributed by atoms with Gasteiger partial charge in [-0.25, -0.2) is 0 Å². The molecule has 3 nitrogen and oxygen atoms in total. The van der Waals surface area contributed by atoms with Gasteiger partial charge in [0.25, 0.3) is 0 Å². The predicted octanol–water partition coefficient (Wildman–Crippen LogP) is 7.38. The van der Waals surface area contributed by atoms with Gasteiger partial charge in [-0.1, -0.05) is 60.0 Å². The lowest BCUT2D eigenvalue weighted by Gasteiger charge is -2.60. The monoisotopic (exact) mass is 456 g/mol. The van der Waals surface area contributed by atoms with Crippen molar-refractivity contribution < 1.29 is 14.3 Å². The molecule has 0 N–H and O–H groups in total. The van der Waals surface area contributed by atoms with Crippen molar-refractivity contribution in [1.29, 1.82) is 0 Å². The van der Waals surface area contributed by atoms with Gasteiger partial charge in [-0.3, -0.25) is 9.59 Å². The van der Waals surface area contributed by atoms with Gasteiger partial charge in [0.2, 0.25) is 0 Å². The van der Waals surface area contributed by atoms with Crippen LogP contribution in [0.4, 0.5) is 0 Å². The van der Waals surface area contributed by atoms with Crippen LogP contribution < -0.4 is 0 Å². The molecule has 0 heterocycles. The minimum atomic E-state index is -0.124. The van der Waals surface area contributed by atoms with Crippen LogP contribution in [0.15, 0.2) is 11.6 Å². The molecule has 4 rings (SSSR count). The second kappa shape index (κ2) is 9.15. The van der Waals surface area contributed by atoms with Crippen LogP contribution in [0.1, 0.15) is 106 Å². The van der Waals surface area contributed by atoms with Crippen molar-refractivity contribution in [1.82, 2.24) is 0 Å². The average Bonchev–Trinajstić information content (AvgIpc) is 3.11. The molecule has 3 saturated carbocycles. The Morgan fingerprint density at radius 1 is 1.06 bits per heavy atom. The van der Waals surface area contributed by atoms with Gasteiger partial charge in [0.15, 0.2) is 5.78 Å². The first-order valence-corrected chi connectivity index (χ1v) is 13.9. The van der Waals surface area contributed by atoms with E-state index in [0.29, 0.717) is 41.8 Å². The number of allylic oxidation sites excluding steroid dienone is 1. The summed E-state index contributed by atoms with van der Waals surface area (Å²) in [6, 6.07) is 0. The third-order valence-corrected chi connectivity index (χ3v) is 11.3. The molecule has 0 amide bonds. The van der Waals surface area contributed by atoms with E-state index >= 15 is 0 Å². The molecule has 0 bridgehead atoms. The molecule has 0 spiro atoms. The number of carbonyl (C=O) groups is 2. The zero-order valence-electron chi connectivity index (χ0n) is 22.3. The number of esters is 1. The van der Waals surface area contributed by atoms with Gasteiger partial charge in [0.1, 0.15) is 6.10 Å². The number of hydrogen-bond donors (Lipinski definition) is 0. The number of rotatable bonds is 6. The maximum absolute atomic E-state index is 12.3. The van der Waals surface area contributed by atoms with E-state index in [0.717, 1.165) is 31.1 Å². The Morgan fingerprint density at radius 2 is 1.79 bits per heavy atom. The summed E-state index contributed by atoms with van der Waals surface area (Å²) >= 11 is 0. The van der Waals surface area contributed by atoms with E-state index in [2.05, 4.69) is 41.5 Å². The normalized spacial score (nSPS) is 42.1. The van der Waals surface area contributed by atoms with Gasteiger partial charge < -0.3 is 4.74 Å². The third kappa shape index (κ3) is 4.25. The summed E-state index contributed by atoms with van der Waals surface area (Å²) in [5.74, 6) is 4.83. The maximum atomic E-state index is 12.3. The van der Waals surface area contributed by atoms with Gasteiger partial charge in [-0.2, -0.15) is 0 Å². The summed E-state index contributed by atoms with van der Waals surface area (Å²) in [7, 11) is 0. The van der Waals surface area contributed by atoms with Gasteiger partial charge in [0, 0.05) is 18.8 Å². The molecule has 3 fully saturated rings. The quantitative estimate of drug-likeness (QED) is 0.391. The van der Waals surface area contributed by atoms with Crippen LogP contribution in [-0.4, -0.2) is 17.9 Å². The molecule has 0 radical (unpaired) electrons. The minimum Gasteiger partial charge on any atom is -0.462 e. The average molecular weight is 457 g/mol. The summed E-state index contributed by atoms with van der Waals surface area (Å²) in [6.07, 6.45) is 12.0. The second-order valence-corrected chi connectivity index (χ2v) is 13.1. The zero-order valence-corrected chi connectivity index (χ0v) is 22.3. The second-order valence-electron chi connectivity index (χ2n) is 13.1. The number of ether oxygens (including phenoxy) is 1. The Kier molecular flexibility index (Phi) is 6.93. The van der Waals surface area contributed by atoms with Crippen molar-refractivity contribution in [3.63, 3.8) is 0 Å². The van der Waals surface area contributed by atoms with Crippen LogP contribution >= 0.6 is 0 Å². The molecule has 3 heteroatoms. The Hall–Kier alpha value is -1.12. The summed E-state index contributed by atoms with van der Waals surface area (Å²) in [4.78, 5) is 24.5. The SMILES string of the molecule is CC(=O)OC1C[C@H]2[C@@H](CCC3=CC(=O)CC[C@@]32C)[C@@H]2CC[C@H]([C@H](C)CC[C@H](C)C(C)C)[C@@]12C. The molecule has 33 heavy (non-hydrogen) atoms.